The van der Waals surface area contributed by atoms with Crippen LogP contribution in [-0.2, 0) is 4.79 Å². The molecule has 0 atom stereocenters. The van der Waals surface area contributed by atoms with E-state index in [-0.39, 0.29) is 17.5 Å². The molecular formula is C25H25N5O3. The quantitative estimate of drug-likeness (QED) is 0.448. The van der Waals surface area contributed by atoms with Crippen LogP contribution >= 0.6 is 0 Å². The highest BCUT2D eigenvalue weighted by molar-refractivity contribution is 6.01. The molecule has 0 aromatic carbocycles. The lowest BCUT2D eigenvalue weighted by atomic mass is 10.0. The summed E-state index contributed by atoms with van der Waals surface area (Å²) in [4.78, 5) is 40.8. The van der Waals surface area contributed by atoms with Gasteiger partial charge in [-0.05, 0) is 37.1 Å². The van der Waals surface area contributed by atoms with Crippen LogP contribution in [0.5, 0.6) is 5.88 Å². The largest absolute Gasteiger partial charge is 0.481 e. The first kappa shape index (κ1) is 21.1. The molecule has 1 aliphatic heterocycles. The molecule has 8 heteroatoms. The van der Waals surface area contributed by atoms with Gasteiger partial charge in [0.05, 0.1) is 23.8 Å². The Kier molecular flexibility index (Phi) is 5.50. The van der Waals surface area contributed by atoms with E-state index in [1.165, 1.54) is 0 Å². The Bertz CT molecular complexity index is 1390. The summed E-state index contributed by atoms with van der Waals surface area (Å²) >= 11 is 0. The van der Waals surface area contributed by atoms with Crippen LogP contribution in [0.1, 0.15) is 32.2 Å². The monoisotopic (exact) mass is 443 g/mol. The van der Waals surface area contributed by atoms with Crippen LogP contribution < -0.4 is 10.3 Å². The molecule has 1 saturated heterocycles. The highest BCUT2D eigenvalue weighted by atomic mass is 16.5. The maximum Gasteiger partial charge on any atom is 0.251 e. The lowest BCUT2D eigenvalue weighted by Gasteiger charge is -2.33. The molecule has 0 saturated carbocycles. The van der Waals surface area contributed by atoms with E-state index in [9.17, 15) is 9.59 Å². The van der Waals surface area contributed by atoms with Crippen molar-refractivity contribution in [2.75, 3.05) is 20.2 Å². The molecule has 168 valence electrons. The van der Waals surface area contributed by atoms with Gasteiger partial charge in [0, 0.05) is 61.0 Å². The molecule has 5 heterocycles. The second kappa shape index (κ2) is 8.61. The first-order valence-electron chi connectivity index (χ1n) is 11.2. The SMILES string of the molecule is CCC(=O)N1CCC(n2c(=O)ccc3cnc4ccc(-c5ccc(OC)nc5)nc4c32)CC1. The zero-order chi connectivity index (χ0) is 22.9. The van der Waals surface area contributed by atoms with Crippen molar-refractivity contribution in [3.05, 3.63) is 59.1 Å². The van der Waals surface area contributed by atoms with Crippen molar-refractivity contribution >= 4 is 27.8 Å². The summed E-state index contributed by atoms with van der Waals surface area (Å²) in [6.07, 6.45) is 5.48. The molecule has 0 N–H and O–H groups in total. The molecule has 0 radical (unpaired) electrons. The average Bonchev–Trinajstić information content (AvgIpc) is 2.88. The molecule has 4 aromatic heterocycles. The van der Waals surface area contributed by atoms with Crippen molar-refractivity contribution in [3.63, 3.8) is 0 Å². The van der Waals surface area contributed by atoms with Crippen molar-refractivity contribution in [1.82, 2.24) is 24.4 Å². The van der Waals surface area contributed by atoms with Crippen LogP contribution in [0.25, 0.3) is 33.2 Å². The second-order valence-corrected chi connectivity index (χ2v) is 8.22. The highest BCUT2D eigenvalue weighted by Crippen LogP contribution is 2.30. The van der Waals surface area contributed by atoms with E-state index in [1.807, 2.05) is 34.6 Å². The van der Waals surface area contributed by atoms with Crippen LogP contribution in [-0.4, -0.2) is 50.5 Å². The normalized spacial score (nSPS) is 14.7. The van der Waals surface area contributed by atoms with Gasteiger partial charge in [0.1, 0.15) is 5.52 Å². The molecule has 1 aliphatic rings. The van der Waals surface area contributed by atoms with Crippen LogP contribution in [0, 0.1) is 0 Å². The maximum absolute atomic E-state index is 13.1. The minimum absolute atomic E-state index is 0.000755. The lowest BCUT2D eigenvalue weighted by Crippen LogP contribution is -2.40. The number of ether oxygens (including phenoxy) is 1. The number of carbonyl (C=O) groups is 1. The third kappa shape index (κ3) is 3.82. The molecule has 1 amide bonds. The summed E-state index contributed by atoms with van der Waals surface area (Å²) in [7, 11) is 1.58. The summed E-state index contributed by atoms with van der Waals surface area (Å²) < 4.78 is 7.01. The van der Waals surface area contributed by atoms with Crippen molar-refractivity contribution < 1.29 is 9.53 Å². The zero-order valence-electron chi connectivity index (χ0n) is 18.7. The Labute approximate surface area is 190 Å². The van der Waals surface area contributed by atoms with Gasteiger partial charge in [0.15, 0.2) is 0 Å². The van der Waals surface area contributed by atoms with Crippen molar-refractivity contribution in [2.24, 2.45) is 0 Å². The number of rotatable bonds is 4. The number of hydrogen-bond acceptors (Lipinski definition) is 6. The molecule has 1 fully saturated rings. The third-order valence-corrected chi connectivity index (χ3v) is 6.32. The molecule has 0 bridgehead atoms. The van der Waals surface area contributed by atoms with Gasteiger partial charge in [-0.3, -0.25) is 14.6 Å². The van der Waals surface area contributed by atoms with Crippen molar-refractivity contribution in [1.29, 1.82) is 0 Å². The number of fused-ring (bicyclic) bond motifs is 3. The number of amides is 1. The Balaban J connectivity index is 1.63. The molecule has 8 nitrogen and oxygen atoms in total. The standard InChI is InChI=1S/C25H25N5O3/c1-3-22(31)29-12-10-18(11-13-29)30-23(32)9-5-17-15-26-20-7-6-19(28-24(20)25(17)30)16-4-8-21(33-2)27-14-16/h4-9,14-15,18H,3,10-13H2,1-2H3. The average molecular weight is 444 g/mol. The molecule has 33 heavy (non-hydrogen) atoms. The van der Waals surface area contributed by atoms with Crippen LogP contribution in [0.3, 0.4) is 0 Å². The van der Waals surface area contributed by atoms with Crippen molar-refractivity contribution in [3.8, 4) is 17.1 Å². The van der Waals surface area contributed by atoms with Gasteiger partial charge in [0.25, 0.3) is 5.56 Å². The van der Waals surface area contributed by atoms with E-state index in [0.29, 0.717) is 30.9 Å². The van der Waals surface area contributed by atoms with Gasteiger partial charge < -0.3 is 14.2 Å². The molecule has 0 spiro atoms. The third-order valence-electron chi connectivity index (χ3n) is 6.32. The van der Waals surface area contributed by atoms with Gasteiger partial charge in [-0.1, -0.05) is 6.92 Å². The zero-order valence-corrected chi connectivity index (χ0v) is 18.7. The molecule has 4 aromatic rings. The number of likely N-dealkylation sites (tertiary alicyclic amines) is 1. The smallest absolute Gasteiger partial charge is 0.251 e. The van der Waals surface area contributed by atoms with Crippen molar-refractivity contribution in [2.45, 2.75) is 32.2 Å². The van der Waals surface area contributed by atoms with Gasteiger partial charge in [-0.2, -0.15) is 0 Å². The van der Waals surface area contributed by atoms with Gasteiger partial charge >= 0.3 is 0 Å². The molecular weight excluding hydrogens is 418 g/mol. The molecule has 5 rings (SSSR count). The summed E-state index contributed by atoms with van der Waals surface area (Å²) in [5.74, 6) is 0.696. The van der Waals surface area contributed by atoms with Gasteiger partial charge in [-0.15, -0.1) is 0 Å². The summed E-state index contributed by atoms with van der Waals surface area (Å²) in [6.45, 7) is 3.18. The van der Waals surface area contributed by atoms with Gasteiger partial charge in [0.2, 0.25) is 11.8 Å². The Morgan fingerprint density at radius 3 is 2.58 bits per heavy atom. The van der Waals surface area contributed by atoms with E-state index in [0.717, 1.165) is 40.5 Å². The molecule has 0 unspecified atom stereocenters. The van der Waals surface area contributed by atoms with Crippen LogP contribution in [0.4, 0.5) is 0 Å². The number of methoxy groups -OCH3 is 1. The first-order valence-corrected chi connectivity index (χ1v) is 11.2. The predicted octanol–water partition coefficient (Wildman–Crippen LogP) is 3.59. The van der Waals surface area contributed by atoms with Gasteiger partial charge in [-0.25, -0.2) is 9.97 Å². The minimum Gasteiger partial charge on any atom is -0.481 e. The fourth-order valence-electron chi connectivity index (χ4n) is 4.57. The van der Waals surface area contributed by atoms with E-state index >= 15 is 0 Å². The number of carbonyl (C=O) groups excluding carboxylic acids is 1. The van der Waals surface area contributed by atoms with Crippen LogP contribution in [0.2, 0.25) is 0 Å². The Morgan fingerprint density at radius 2 is 1.88 bits per heavy atom. The molecule has 0 aliphatic carbocycles. The summed E-state index contributed by atoms with van der Waals surface area (Å²) in [5, 5.41) is 0.867. The second-order valence-electron chi connectivity index (χ2n) is 8.22. The van der Waals surface area contributed by atoms with E-state index in [4.69, 9.17) is 9.72 Å². The maximum atomic E-state index is 13.1. The van der Waals surface area contributed by atoms with E-state index in [1.54, 1.807) is 37.7 Å². The number of nitrogens with zero attached hydrogens (tertiary/aromatic N) is 5. The first-order chi connectivity index (χ1) is 16.1. The van der Waals surface area contributed by atoms with Crippen LogP contribution in [0.15, 0.2) is 53.6 Å². The summed E-state index contributed by atoms with van der Waals surface area (Å²) in [5.41, 5.74) is 3.74. The number of piperidine rings is 1. The number of pyridine rings is 4. The Hall–Kier alpha value is -3.81. The fraction of sp³-hybridized carbons (Fsp3) is 0.320. The van der Waals surface area contributed by atoms with E-state index in [2.05, 4.69) is 9.97 Å². The highest BCUT2D eigenvalue weighted by Gasteiger charge is 2.25. The fourth-order valence-corrected chi connectivity index (χ4v) is 4.57. The lowest BCUT2D eigenvalue weighted by molar-refractivity contribution is -0.132. The Morgan fingerprint density at radius 1 is 1.06 bits per heavy atom. The summed E-state index contributed by atoms with van der Waals surface area (Å²) in [6, 6.07) is 10.9. The number of hydrogen-bond donors (Lipinski definition) is 0. The van der Waals surface area contributed by atoms with E-state index < -0.39 is 0 Å². The topological polar surface area (TPSA) is 90.2 Å². The minimum atomic E-state index is -0.0615. The predicted molar refractivity (Wildman–Crippen MR) is 126 cm³/mol. The number of aromatic nitrogens is 4.